The minimum atomic E-state index is 0.0108. The van der Waals surface area contributed by atoms with E-state index in [-0.39, 0.29) is 5.84 Å². The molecule has 0 aliphatic carbocycles. The fraction of sp³-hybridized carbons (Fsp3) is 0.200. The SMILES string of the molecule is Cc1cccc(CN(C)c2cccnc2/C(N)=N/O)c1. The highest BCUT2D eigenvalue weighted by molar-refractivity contribution is 6.00. The summed E-state index contributed by atoms with van der Waals surface area (Å²) < 4.78 is 0. The molecule has 5 nitrogen and oxygen atoms in total. The largest absolute Gasteiger partial charge is 0.409 e. The normalized spacial score (nSPS) is 11.4. The summed E-state index contributed by atoms with van der Waals surface area (Å²) in [5.41, 5.74) is 9.38. The summed E-state index contributed by atoms with van der Waals surface area (Å²) in [5, 5.41) is 11.9. The van der Waals surface area contributed by atoms with Gasteiger partial charge >= 0.3 is 0 Å². The monoisotopic (exact) mass is 270 g/mol. The van der Waals surface area contributed by atoms with Crippen molar-refractivity contribution in [2.75, 3.05) is 11.9 Å². The third-order valence-corrected chi connectivity index (χ3v) is 3.05. The van der Waals surface area contributed by atoms with Crippen LogP contribution >= 0.6 is 0 Å². The van der Waals surface area contributed by atoms with Crippen LogP contribution in [0.5, 0.6) is 0 Å². The van der Waals surface area contributed by atoms with Crippen molar-refractivity contribution in [1.82, 2.24) is 4.98 Å². The van der Waals surface area contributed by atoms with Crippen molar-refractivity contribution in [3.05, 3.63) is 59.4 Å². The van der Waals surface area contributed by atoms with Gasteiger partial charge in [-0.3, -0.25) is 4.98 Å². The zero-order valence-electron chi connectivity index (χ0n) is 11.6. The Balaban J connectivity index is 2.28. The van der Waals surface area contributed by atoms with Gasteiger partial charge in [-0.25, -0.2) is 0 Å². The van der Waals surface area contributed by atoms with E-state index in [4.69, 9.17) is 10.9 Å². The van der Waals surface area contributed by atoms with Crippen LogP contribution in [0.2, 0.25) is 0 Å². The van der Waals surface area contributed by atoms with Crippen LogP contribution in [-0.4, -0.2) is 23.1 Å². The Morgan fingerprint density at radius 1 is 1.35 bits per heavy atom. The number of pyridine rings is 1. The number of nitrogens with two attached hydrogens (primary N) is 1. The van der Waals surface area contributed by atoms with Crippen LogP contribution in [0.4, 0.5) is 5.69 Å². The van der Waals surface area contributed by atoms with Gasteiger partial charge < -0.3 is 15.8 Å². The molecule has 1 heterocycles. The van der Waals surface area contributed by atoms with Gasteiger partial charge in [0.15, 0.2) is 5.84 Å². The van der Waals surface area contributed by atoms with E-state index in [1.165, 1.54) is 11.1 Å². The maximum absolute atomic E-state index is 8.83. The summed E-state index contributed by atoms with van der Waals surface area (Å²) >= 11 is 0. The van der Waals surface area contributed by atoms with Gasteiger partial charge in [0.2, 0.25) is 0 Å². The molecule has 0 aliphatic heterocycles. The molecule has 0 radical (unpaired) electrons. The summed E-state index contributed by atoms with van der Waals surface area (Å²) in [4.78, 5) is 6.20. The molecule has 1 aromatic heterocycles. The number of hydrogen-bond acceptors (Lipinski definition) is 4. The second-order valence-electron chi connectivity index (χ2n) is 4.70. The van der Waals surface area contributed by atoms with Crippen LogP contribution in [0.15, 0.2) is 47.8 Å². The van der Waals surface area contributed by atoms with E-state index >= 15 is 0 Å². The van der Waals surface area contributed by atoms with Crippen LogP contribution in [-0.2, 0) is 6.54 Å². The van der Waals surface area contributed by atoms with Crippen molar-refractivity contribution in [3.8, 4) is 0 Å². The lowest BCUT2D eigenvalue weighted by Gasteiger charge is -2.21. The third-order valence-electron chi connectivity index (χ3n) is 3.05. The zero-order chi connectivity index (χ0) is 14.5. The summed E-state index contributed by atoms with van der Waals surface area (Å²) in [6.45, 7) is 2.79. The number of amidine groups is 1. The first kappa shape index (κ1) is 13.9. The molecule has 3 N–H and O–H groups in total. The number of hydrogen-bond donors (Lipinski definition) is 2. The molecule has 5 heteroatoms. The summed E-state index contributed by atoms with van der Waals surface area (Å²) in [5.74, 6) is 0.0108. The highest BCUT2D eigenvalue weighted by atomic mass is 16.4. The number of benzene rings is 1. The number of rotatable bonds is 4. The molecule has 20 heavy (non-hydrogen) atoms. The van der Waals surface area contributed by atoms with E-state index in [0.717, 1.165) is 12.2 Å². The molecule has 0 bridgehead atoms. The fourth-order valence-corrected chi connectivity index (χ4v) is 2.12. The minimum absolute atomic E-state index is 0.0108. The molecule has 0 saturated heterocycles. The summed E-state index contributed by atoms with van der Waals surface area (Å²) in [6, 6.07) is 12.0. The zero-order valence-corrected chi connectivity index (χ0v) is 11.6. The van der Waals surface area contributed by atoms with E-state index in [0.29, 0.717) is 5.69 Å². The lowest BCUT2D eigenvalue weighted by molar-refractivity contribution is 0.318. The predicted molar refractivity (Wildman–Crippen MR) is 80.0 cm³/mol. The Kier molecular flexibility index (Phi) is 4.20. The van der Waals surface area contributed by atoms with Crippen molar-refractivity contribution in [1.29, 1.82) is 0 Å². The van der Waals surface area contributed by atoms with Gasteiger partial charge in [-0.2, -0.15) is 0 Å². The molecule has 0 unspecified atom stereocenters. The molecule has 0 fully saturated rings. The Labute approximate surface area is 118 Å². The Morgan fingerprint density at radius 3 is 2.85 bits per heavy atom. The van der Waals surface area contributed by atoms with Gasteiger partial charge in [-0.1, -0.05) is 35.0 Å². The molecule has 1 aromatic carbocycles. The number of anilines is 1. The highest BCUT2D eigenvalue weighted by Crippen LogP contribution is 2.19. The van der Waals surface area contributed by atoms with Gasteiger partial charge in [0.1, 0.15) is 5.69 Å². The van der Waals surface area contributed by atoms with Gasteiger partial charge in [0, 0.05) is 19.8 Å². The fourth-order valence-electron chi connectivity index (χ4n) is 2.12. The first-order chi connectivity index (χ1) is 9.61. The summed E-state index contributed by atoms with van der Waals surface area (Å²) in [7, 11) is 1.95. The molecule has 0 atom stereocenters. The van der Waals surface area contributed by atoms with E-state index in [2.05, 4.69) is 35.3 Å². The molecule has 0 amide bonds. The molecule has 2 rings (SSSR count). The average molecular weight is 270 g/mol. The van der Waals surface area contributed by atoms with Crippen molar-refractivity contribution >= 4 is 11.5 Å². The van der Waals surface area contributed by atoms with Gasteiger partial charge in [-0.15, -0.1) is 0 Å². The maximum atomic E-state index is 8.83. The van der Waals surface area contributed by atoms with E-state index in [1.54, 1.807) is 6.20 Å². The number of aryl methyl sites for hydroxylation is 1. The maximum Gasteiger partial charge on any atom is 0.190 e. The van der Waals surface area contributed by atoms with Crippen molar-refractivity contribution in [2.45, 2.75) is 13.5 Å². The highest BCUT2D eigenvalue weighted by Gasteiger charge is 2.12. The van der Waals surface area contributed by atoms with Gasteiger partial charge in [0.05, 0.1) is 5.69 Å². The number of oxime groups is 1. The molecule has 104 valence electrons. The number of aromatic nitrogens is 1. The molecular weight excluding hydrogens is 252 g/mol. The van der Waals surface area contributed by atoms with Crippen LogP contribution in [0, 0.1) is 6.92 Å². The Hall–Kier alpha value is -2.56. The lowest BCUT2D eigenvalue weighted by atomic mass is 10.1. The second kappa shape index (κ2) is 6.06. The summed E-state index contributed by atoms with van der Waals surface area (Å²) in [6.07, 6.45) is 1.62. The molecular formula is C15H18N4O. The molecule has 0 aliphatic rings. The Bertz CT molecular complexity index is 625. The quantitative estimate of drug-likeness (QED) is 0.386. The second-order valence-corrected chi connectivity index (χ2v) is 4.70. The van der Waals surface area contributed by atoms with E-state index in [1.807, 2.05) is 30.1 Å². The van der Waals surface area contributed by atoms with Crippen molar-refractivity contribution in [3.63, 3.8) is 0 Å². The smallest absolute Gasteiger partial charge is 0.190 e. The standard InChI is InChI=1S/C15H18N4O/c1-11-5-3-6-12(9-11)10-19(2)13-7-4-8-17-14(13)15(16)18-20/h3-9,20H,10H2,1-2H3,(H2,16,18). The van der Waals surface area contributed by atoms with Gasteiger partial charge in [0.25, 0.3) is 0 Å². The van der Waals surface area contributed by atoms with Crippen LogP contribution in [0.3, 0.4) is 0 Å². The molecule has 0 spiro atoms. The van der Waals surface area contributed by atoms with Crippen LogP contribution in [0.25, 0.3) is 0 Å². The first-order valence-corrected chi connectivity index (χ1v) is 6.31. The predicted octanol–water partition coefficient (Wildman–Crippen LogP) is 2.12. The molecule has 2 aromatic rings. The molecule has 0 saturated carbocycles. The van der Waals surface area contributed by atoms with Crippen LogP contribution < -0.4 is 10.6 Å². The van der Waals surface area contributed by atoms with Crippen molar-refractivity contribution < 1.29 is 5.21 Å². The third kappa shape index (κ3) is 3.06. The minimum Gasteiger partial charge on any atom is -0.409 e. The van der Waals surface area contributed by atoms with Crippen molar-refractivity contribution in [2.24, 2.45) is 10.9 Å². The average Bonchev–Trinajstić information content (AvgIpc) is 2.46. The Morgan fingerprint density at radius 2 is 2.15 bits per heavy atom. The first-order valence-electron chi connectivity index (χ1n) is 6.31. The topological polar surface area (TPSA) is 74.7 Å². The lowest BCUT2D eigenvalue weighted by Crippen LogP contribution is -2.23. The van der Waals surface area contributed by atoms with E-state index < -0.39 is 0 Å². The van der Waals surface area contributed by atoms with Crippen LogP contribution in [0.1, 0.15) is 16.8 Å². The van der Waals surface area contributed by atoms with Gasteiger partial charge in [-0.05, 0) is 24.6 Å². The van der Waals surface area contributed by atoms with E-state index in [9.17, 15) is 0 Å². The number of nitrogens with zero attached hydrogens (tertiary/aromatic N) is 3.